The van der Waals surface area contributed by atoms with Gasteiger partial charge in [0.15, 0.2) is 0 Å². The van der Waals surface area contributed by atoms with Crippen LogP contribution in [-0.4, -0.2) is 52.8 Å². The molecule has 1 aromatic rings. The molecule has 0 aromatic carbocycles. The Morgan fingerprint density at radius 2 is 2.29 bits per heavy atom. The zero-order chi connectivity index (χ0) is 12.7. The van der Waals surface area contributed by atoms with Crippen molar-refractivity contribution in [3.8, 4) is 0 Å². The molecule has 0 radical (unpaired) electrons. The molecule has 17 heavy (non-hydrogen) atoms. The summed E-state index contributed by atoms with van der Waals surface area (Å²) in [7, 11) is 4.07. The molecule has 0 saturated heterocycles. The summed E-state index contributed by atoms with van der Waals surface area (Å²) in [6, 6.07) is 0. The summed E-state index contributed by atoms with van der Waals surface area (Å²) >= 11 is 0. The number of nitrogens with two attached hydrogens (primary N) is 1. The maximum atomic E-state index is 11.5. The zero-order valence-electron chi connectivity index (χ0n) is 10.4. The van der Waals surface area contributed by atoms with E-state index in [2.05, 4.69) is 20.3 Å². The fraction of sp³-hybridized carbons (Fsp3) is 0.700. The van der Waals surface area contributed by atoms with Gasteiger partial charge in [-0.15, -0.1) is 5.10 Å². The summed E-state index contributed by atoms with van der Waals surface area (Å²) in [5, 5.41) is 6.66. The van der Waals surface area contributed by atoms with Gasteiger partial charge in [-0.3, -0.25) is 4.79 Å². The van der Waals surface area contributed by atoms with Gasteiger partial charge in [-0.1, -0.05) is 0 Å². The van der Waals surface area contributed by atoms with E-state index in [1.807, 2.05) is 14.1 Å². The Morgan fingerprint density at radius 1 is 1.53 bits per heavy atom. The van der Waals surface area contributed by atoms with E-state index in [-0.39, 0.29) is 18.4 Å². The molecule has 0 saturated carbocycles. The molecule has 1 rings (SSSR count). The summed E-state index contributed by atoms with van der Waals surface area (Å²) in [6.45, 7) is 1.89. The number of rotatable bonds is 7. The summed E-state index contributed by atoms with van der Waals surface area (Å²) < 4.78 is 1.42. The Bertz CT molecular complexity index is 348. The van der Waals surface area contributed by atoms with Crippen molar-refractivity contribution in [2.75, 3.05) is 32.9 Å². The summed E-state index contributed by atoms with van der Waals surface area (Å²) in [4.78, 5) is 17.3. The van der Waals surface area contributed by atoms with Crippen LogP contribution in [0.15, 0.2) is 6.33 Å². The smallest absolute Gasteiger partial charge is 0.241 e. The maximum Gasteiger partial charge on any atom is 0.241 e. The SMILES string of the molecule is CN(C)CCCCNC(=O)Cn1cnc(N)n1. The van der Waals surface area contributed by atoms with Crippen LogP contribution >= 0.6 is 0 Å². The number of amides is 1. The lowest BCUT2D eigenvalue weighted by atomic mass is 10.3. The normalized spacial score (nSPS) is 10.8. The molecule has 0 aliphatic heterocycles. The molecule has 7 nitrogen and oxygen atoms in total. The number of nitrogens with zero attached hydrogens (tertiary/aromatic N) is 4. The number of unbranched alkanes of at least 4 members (excludes halogenated alkanes) is 1. The molecule has 3 N–H and O–H groups in total. The van der Waals surface area contributed by atoms with Gasteiger partial charge in [0, 0.05) is 6.54 Å². The molecule has 1 heterocycles. The molecule has 0 atom stereocenters. The fourth-order valence-electron chi connectivity index (χ4n) is 1.37. The van der Waals surface area contributed by atoms with Crippen LogP contribution in [0, 0.1) is 0 Å². The first kappa shape index (κ1) is 13.4. The Balaban J connectivity index is 2.09. The number of nitrogen functional groups attached to an aromatic ring is 1. The maximum absolute atomic E-state index is 11.5. The van der Waals surface area contributed by atoms with Crippen LogP contribution in [0.5, 0.6) is 0 Å². The lowest BCUT2D eigenvalue weighted by molar-refractivity contribution is -0.121. The molecular weight excluding hydrogens is 220 g/mol. The zero-order valence-corrected chi connectivity index (χ0v) is 10.4. The third-order valence-electron chi connectivity index (χ3n) is 2.21. The average molecular weight is 240 g/mol. The van der Waals surface area contributed by atoms with Gasteiger partial charge in [0.2, 0.25) is 11.9 Å². The van der Waals surface area contributed by atoms with Gasteiger partial charge in [0.05, 0.1) is 0 Å². The number of hydrogen-bond donors (Lipinski definition) is 2. The first-order valence-corrected chi connectivity index (χ1v) is 5.64. The number of nitrogens with one attached hydrogen (secondary N) is 1. The van der Waals surface area contributed by atoms with Gasteiger partial charge in [0.25, 0.3) is 0 Å². The number of aromatic nitrogens is 3. The standard InChI is InChI=1S/C10H20N6O/c1-15(2)6-4-3-5-12-9(17)7-16-8-13-10(11)14-16/h8H,3-7H2,1-2H3,(H2,11,14)(H,12,17). The molecule has 1 amide bonds. The second-order valence-electron chi connectivity index (χ2n) is 4.16. The largest absolute Gasteiger partial charge is 0.367 e. The highest BCUT2D eigenvalue weighted by Crippen LogP contribution is 1.91. The van der Waals surface area contributed by atoms with Crippen molar-refractivity contribution in [2.45, 2.75) is 19.4 Å². The van der Waals surface area contributed by atoms with E-state index in [0.717, 1.165) is 19.4 Å². The van der Waals surface area contributed by atoms with E-state index < -0.39 is 0 Å². The van der Waals surface area contributed by atoms with Crippen molar-refractivity contribution in [3.63, 3.8) is 0 Å². The van der Waals surface area contributed by atoms with Crippen molar-refractivity contribution in [3.05, 3.63) is 6.33 Å². The van der Waals surface area contributed by atoms with Gasteiger partial charge in [-0.2, -0.15) is 0 Å². The molecule has 0 aliphatic rings. The predicted molar refractivity (Wildman–Crippen MR) is 65.2 cm³/mol. The molecular formula is C10H20N6O. The van der Waals surface area contributed by atoms with Crippen LogP contribution in [0.1, 0.15) is 12.8 Å². The van der Waals surface area contributed by atoms with Crippen LogP contribution in [0.25, 0.3) is 0 Å². The quantitative estimate of drug-likeness (QED) is 0.616. The minimum Gasteiger partial charge on any atom is -0.367 e. The van der Waals surface area contributed by atoms with E-state index in [4.69, 9.17) is 5.73 Å². The van der Waals surface area contributed by atoms with E-state index in [0.29, 0.717) is 6.54 Å². The molecule has 0 spiro atoms. The number of carbonyl (C=O) groups excluding carboxylic acids is 1. The van der Waals surface area contributed by atoms with Gasteiger partial charge in [-0.25, -0.2) is 9.67 Å². The van der Waals surface area contributed by atoms with Crippen molar-refractivity contribution in [2.24, 2.45) is 0 Å². The van der Waals surface area contributed by atoms with E-state index >= 15 is 0 Å². The van der Waals surface area contributed by atoms with E-state index in [1.165, 1.54) is 11.0 Å². The van der Waals surface area contributed by atoms with Crippen molar-refractivity contribution >= 4 is 11.9 Å². The summed E-state index contributed by atoms with van der Waals surface area (Å²) in [5.41, 5.74) is 5.34. The van der Waals surface area contributed by atoms with Gasteiger partial charge < -0.3 is 16.0 Å². The predicted octanol–water partition coefficient (Wildman–Crippen LogP) is -0.682. The molecule has 1 aromatic heterocycles. The Hall–Kier alpha value is -1.63. The lowest BCUT2D eigenvalue weighted by Crippen LogP contribution is -2.29. The van der Waals surface area contributed by atoms with Crippen LogP contribution in [0.2, 0.25) is 0 Å². The van der Waals surface area contributed by atoms with Gasteiger partial charge in [-0.05, 0) is 33.5 Å². The Morgan fingerprint density at radius 3 is 2.88 bits per heavy atom. The molecule has 0 aliphatic carbocycles. The van der Waals surface area contributed by atoms with E-state index in [1.54, 1.807) is 0 Å². The van der Waals surface area contributed by atoms with Crippen molar-refractivity contribution in [1.82, 2.24) is 25.0 Å². The highest BCUT2D eigenvalue weighted by Gasteiger charge is 2.03. The minimum atomic E-state index is -0.0697. The molecule has 0 bridgehead atoms. The minimum absolute atomic E-state index is 0.0697. The third kappa shape index (κ3) is 5.86. The number of anilines is 1. The monoisotopic (exact) mass is 240 g/mol. The van der Waals surface area contributed by atoms with Gasteiger partial charge in [0.1, 0.15) is 12.9 Å². The Kier molecular flexibility index (Phi) is 5.41. The van der Waals surface area contributed by atoms with Crippen LogP contribution < -0.4 is 11.1 Å². The van der Waals surface area contributed by atoms with Gasteiger partial charge >= 0.3 is 0 Å². The highest BCUT2D eigenvalue weighted by molar-refractivity contribution is 5.75. The summed E-state index contributed by atoms with van der Waals surface area (Å²) in [5.74, 6) is 0.114. The van der Waals surface area contributed by atoms with Crippen molar-refractivity contribution in [1.29, 1.82) is 0 Å². The summed E-state index contributed by atoms with van der Waals surface area (Å²) in [6.07, 6.45) is 3.49. The van der Waals surface area contributed by atoms with Crippen LogP contribution in [0.4, 0.5) is 5.95 Å². The fourth-order valence-corrected chi connectivity index (χ4v) is 1.37. The molecule has 7 heteroatoms. The molecule has 96 valence electrons. The van der Waals surface area contributed by atoms with E-state index in [9.17, 15) is 4.79 Å². The number of hydrogen-bond acceptors (Lipinski definition) is 5. The highest BCUT2D eigenvalue weighted by atomic mass is 16.2. The van der Waals surface area contributed by atoms with Crippen LogP contribution in [0.3, 0.4) is 0 Å². The molecule has 0 unspecified atom stereocenters. The van der Waals surface area contributed by atoms with Crippen LogP contribution in [-0.2, 0) is 11.3 Å². The topological polar surface area (TPSA) is 89.1 Å². The second-order valence-corrected chi connectivity index (χ2v) is 4.16. The third-order valence-corrected chi connectivity index (χ3v) is 2.21. The first-order chi connectivity index (χ1) is 8.08. The first-order valence-electron chi connectivity index (χ1n) is 5.64. The average Bonchev–Trinajstić information content (AvgIpc) is 2.63. The van der Waals surface area contributed by atoms with Crippen molar-refractivity contribution < 1.29 is 4.79 Å². The molecule has 0 fully saturated rings. The Labute approximate surface area is 101 Å². The second kappa shape index (κ2) is 6.85. The number of carbonyl (C=O) groups is 1. The lowest BCUT2D eigenvalue weighted by Gasteiger charge is -2.09.